The molecule has 0 saturated heterocycles. The van der Waals surface area contributed by atoms with Crippen LogP contribution in [0.1, 0.15) is 51.9 Å². The second-order valence-corrected chi connectivity index (χ2v) is 3.02. The average Bonchev–Trinajstić information content (AvgIpc) is 2.10. The zero-order valence-corrected chi connectivity index (χ0v) is 8.05. The Morgan fingerprint density at radius 3 is 2.50 bits per heavy atom. The maximum Gasteiger partial charge on any atom is 0.0624 e. The van der Waals surface area contributed by atoms with Crippen molar-refractivity contribution in [2.75, 3.05) is 0 Å². The lowest BCUT2D eigenvalue weighted by atomic mass is 10.1. The summed E-state index contributed by atoms with van der Waals surface area (Å²) in [5, 5.41) is 8.26. The standard InChI is InChI=1S/C11H19N/c1-2-3-4-5-6-7-8-9-10-11-12/h7-8H,2-6,9-10H2,1H3/b8-7-. The molecule has 0 amide bonds. The van der Waals surface area contributed by atoms with Crippen LogP contribution in [0.2, 0.25) is 0 Å². The highest BCUT2D eigenvalue weighted by Gasteiger charge is 1.83. The first-order valence-electron chi connectivity index (χ1n) is 4.93. The van der Waals surface area contributed by atoms with Crippen molar-refractivity contribution in [3.05, 3.63) is 12.2 Å². The third-order valence-corrected chi connectivity index (χ3v) is 1.81. The van der Waals surface area contributed by atoms with Gasteiger partial charge in [0.2, 0.25) is 0 Å². The van der Waals surface area contributed by atoms with Crippen molar-refractivity contribution >= 4 is 0 Å². The van der Waals surface area contributed by atoms with E-state index in [0.29, 0.717) is 6.42 Å². The van der Waals surface area contributed by atoms with Gasteiger partial charge in [0.25, 0.3) is 0 Å². The van der Waals surface area contributed by atoms with Gasteiger partial charge < -0.3 is 0 Å². The molecule has 1 nitrogen and oxygen atoms in total. The monoisotopic (exact) mass is 165 g/mol. The molecule has 1 heteroatoms. The summed E-state index contributed by atoms with van der Waals surface area (Å²) in [6.45, 7) is 2.22. The van der Waals surface area contributed by atoms with Gasteiger partial charge in [-0.2, -0.15) is 5.26 Å². The quantitative estimate of drug-likeness (QED) is 0.415. The van der Waals surface area contributed by atoms with E-state index >= 15 is 0 Å². The van der Waals surface area contributed by atoms with Crippen LogP contribution in [-0.4, -0.2) is 0 Å². The summed E-state index contributed by atoms with van der Waals surface area (Å²) in [4.78, 5) is 0. The first-order chi connectivity index (χ1) is 5.91. The first kappa shape index (κ1) is 11.2. The lowest BCUT2D eigenvalue weighted by Gasteiger charge is -1.93. The van der Waals surface area contributed by atoms with Crippen molar-refractivity contribution in [1.29, 1.82) is 5.26 Å². The zero-order chi connectivity index (χ0) is 9.07. The van der Waals surface area contributed by atoms with Crippen LogP contribution in [0.4, 0.5) is 0 Å². The molecule has 0 heterocycles. The van der Waals surface area contributed by atoms with E-state index in [9.17, 15) is 0 Å². The fraction of sp³-hybridized carbons (Fsp3) is 0.727. The molecule has 0 aromatic heterocycles. The Morgan fingerprint density at radius 2 is 1.83 bits per heavy atom. The Bertz CT molecular complexity index is 142. The van der Waals surface area contributed by atoms with Crippen LogP contribution >= 0.6 is 0 Å². The van der Waals surface area contributed by atoms with Crippen molar-refractivity contribution in [2.24, 2.45) is 0 Å². The molecule has 0 spiro atoms. The van der Waals surface area contributed by atoms with Crippen LogP contribution < -0.4 is 0 Å². The maximum atomic E-state index is 8.26. The predicted molar refractivity (Wildman–Crippen MR) is 52.7 cm³/mol. The van der Waals surface area contributed by atoms with Crippen molar-refractivity contribution in [2.45, 2.75) is 51.9 Å². The molecule has 68 valence electrons. The Morgan fingerprint density at radius 1 is 1.08 bits per heavy atom. The van der Waals surface area contributed by atoms with Gasteiger partial charge in [-0.05, 0) is 19.3 Å². The number of nitriles is 1. The third kappa shape index (κ3) is 9.23. The van der Waals surface area contributed by atoms with E-state index in [1.165, 1.54) is 32.1 Å². The minimum absolute atomic E-state index is 0.658. The van der Waals surface area contributed by atoms with Crippen LogP contribution in [0.5, 0.6) is 0 Å². The molecular weight excluding hydrogens is 146 g/mol. The van der Waals surface area contributed by atoms with Crippen molar-refractivity contribution in [3.8, 4) is 6.07 Å². The van der Waals surface area contributed by atoms with Gasteiger partial charge in [0.15, 0.2) is 0 Å². The van der Waals surface area contributed by atoms with Gasteiger partial charge in [0.05, 0.1) is 6.07 Å². The molecule has 0 aromatic carbocycles. The molecule has 0 bridgehead atoms. The molecule has 0 aromatic rings. The van der Waals surface area contributed by atoms with Crippen LogP contribution in [0, 0.1) is 11.3 Å². The third-order valence-electron chi connectivity index (χ3n) is 1.81. The maximum absolute atomic E-state index is 8.26. The molecule has 0 aliphatic rings. The highest BCUT2D eigenvalue weighted by molar-refractivity contribution is 4.85. The molecule has 0 aliphatic heterocycles. The van der Waals surface area contributed by atoms with E-state index in [1.807, 2.05) is 0 Å². The fourth-order valence-corrected chi connectivity index (χ4v) is 1.07. The number of allylic oxidation sites excluding steroid dienone is 2. The summed E-state index contributed by atoms with van der Waals surface area (Å²) in [7, 11) is 0. The topological polar surface area (TPSA) is 23.8 Å². The zero-order valence-electron chi connectivity index (χ0n) is 8.05. The molecule has 0 radical (unpaired) electrons. The molecule has 0 rings (SSSR count). The number of rotatable bonds is 7. The highest BCUT2D eigenvalue weighted by atomic mass is 14.2. The van der Waals surface area contributed by atoms with E-state index < -0.39 is 0 Å². The van der Waals surface area contributed by atoms with E-state index in [4.69, 9.17) is 5.26 Å². The molecular formula is C11H19N. The minimum atomic E-state index is 0.658. The van der Waals surface area contributed by atoms with Gasteiger partial charge >= 0.3 is 0 Å². The van der Waals surface area contributed by atoms with Gasteiger partial charge in [-0.15, -0.1) is 0 Å². The van der Waals surface area contributed by atoms with Crippen LogP contribution in [0.15, 0.2) is 12.2 Å². The number of unbranched alkanes of at least 4 members (excludes halogenated alkanes) is 5. The Hall–Kier alpha value is -0.770. The van der Waals surface area contributed by atoms with Crippen molar-refractivity contribution in [3.63, 3.8) is 0 Å². The van der Waals surface area contributed by atoms with Gasteiger partial charge in [-0.3, -0.25) is 0 Å². The van der Waals surface area contributed by atoms with E-state index in [0.717, 1.165) is 6.42 Å². The van der Waals surface area contributed by atoms with Crippen LogP contribution in [-0.2, 0) is 0 Å². The lowest BCUT2D eigenvalue weighted by molar-refractivity contribution is 0.674. The van der Waals surface area contributed by atoms with Gasteiger partial charge in [-0.25, -0.2) is 0 Å². The molecule has 0 saturated carbocycles. The van der Waals surface area contributed by atoms with Gasteiger partial charge in [0, 0.05) is 6.42 Å². The van der Waals surface area contributed by atoms with Crippen LogP contribution in [0.25, 0.3) is 0 Å². The number of hydrogen-bond donors (Lipinski definition) is 0. The second-order valence-electron chi connectivity index (χ2n) is 3.02. The average molecular weight is 165 g/mol. The molecule has 0 atom stereocenters. The predicted octanol–water partition coefficient (Wildman–Crippen LogP) is 3.82. The Kier molecular flexibility index (Phi) is 9.57. The minimum Gasteiger partial charge on any atom is -0.198 e. The SMILES string of the molecule is CCCCCC/C=C\CCC#N. The largest absolute Gasteiger partial charge is 0.198 e. The summed E-state index contributed by atoms with van der Waals surface area (Å²) in [6.07, 6.45) is 12.4. The van der Waals surface area contributed by atoms with Crippen molar-refractivity contribution < 1.29 is 0 Å². The van der Waals surface area contributed by atoms with Gasteiger partial charge in [-0.1, -0.05) is 38.3 Å². The molecule has 0 fully saturated rings. The lowest BCUT2D eigenvalue weighted by Crippen LogP contribution is -1.73. The summed E-state index contributed by atoms with van der Waals surface area (Å²) < 4.78 is 0. The molecule has 0 unspecified atom stereocenters. The summed E-state index contributed by atoms with van der Waals surface area (Å²) in [6, 6.07) is 2.13. The van der Waals surface area contributed by atoms with E-state index in [-0.39, 0.29) is 0 Å². The summed E-state index contributed by atoms with van der Waals surface area (Å²) >= 11 is 0. The molecule has 0 aliphatic carbocycles. The van der Waals surface area contributed by atoms with Gasteiger partial charge in [0.1, 0.15) is 0 Å². The second kappa shape index (κ2) is 10.2. The number of nitrogens with zero attached hydrogens (tertiary/aromatic N) is 1. The normalized spacial score (nSPS) is 10.3. The summed E-state index contributed by atoms with van der Waals surface area (Å²) in [5.41, 5.74) is 0. The Balaban J connectivity index is 2.98. The molecule has 12 heavy (non-hydrogen) atoms. The Labute approximate surface area is 76.1 Å². The van der Waals surface area contributed by atoms with Crippen LogP contribution in [0.3, 0.4) is 0 Å². The fourth-order valence-electron chi connectivity index (χ4n) is 1.07. The molecule has 0 N–H and O–H groups in total. The van der Waals surface area contributed by atoms with E-state index in [1.54, 1.807) is 0 Å². The van der Waals surface area contributed by atoms with E-state index in [2.05, 4.69) is 25.1 Å². The highest BCUT2D eigenvalue weighted by Crippen LogP contribution is 2.03. The summed E-state index contributed by atoms with van der Waals surface area (Å²) in [5.74, 6) is 0. The first-order valence-corrected chi connectivity index (χ1v) is 4.93. The number of hydrogen-bond acceptors (Lipinski definition) is 1. The smallest absolute Gasteiger partial charge is 0.0624 e. The van der Waals surface area contributed by atoms with Crippen molar-refractivity contribution in [1.82, 2.24) is 0 Å².